The number of hydrogen-bond donors (Lipinski definition) is 2. The third-order valence-corrected chi connectivity index (χ3v) is 4.49. The van der Waals surface area contributed by atoms with Gasteiger partial charge in [-0.3, -0.25) is 23.9 Å². The number of nitrogens with one attached hydrogen (secondary N) is 2. The molecule has 1 amide bonds. The Kier molecular flexibility index (Phi) is 7.39. The monoisotopic (exact) mass is 461 g/mol. The summed E-state index contributed by atoms with van der Waals surface area (Å²) in [6.07, 6.45) is 0.0912. The number of H-pyrrole nitrogens is 1. The first-order valence-corrected chi connectivity index (χ1v) is 10.9. The first-order chi connectivity index (χ1) is 13.9. The minimum absolute atomic E-state index is 0.0445. The maximum atomic E-state index is 12.6. The van der Waals surface area contributed by atoms with Gasteiger partial charge in [0.05, 0.1) is 36.4 Å². The lowest BCUT2D eigenvalue weighted by Gasteiger charge is -2.18. The second-order valence-corrected chi connectivity index (χ2v) is 8.81. The average molecular weight is 462 g/mol. The number of carbonyl (C=O) groups is 2. The summed E-state index contributed by atoms with van der Waals surface area (Å²) in [7, 11) is -3.82. The zero-order chi connectivity index (χ0) is 22.6. The summed E-state index contributed by atoms with van der Waals surface area (Å²) in [5.41, 5.74) is -0.260. The molecule has 2 aromatic rings. The van der Waals surface area contributed by atoms with Crippen molar-refractivity contribution in [2.24, 2.45) is 0 Å². The van der Waals surface area contributed by atoms with Gasteiger partial charge in [-0.2, -0.15) is 8.42 Å². The highest BCUT2D eigenvalue weighted by molar-refractivity contribution is 7.85. The van der Waals surface area contributed by atoms with Crippen LogP contribution in [-0.4, -0.2) is 55.2 Å². The molecule has 0 saturated heterocycles. The van der Waals surface area contributed by atoms with E-state index in [1.165, 1.54) is 12.1 Å². The number of aromatic amines is 1. The Balaban J connectivity index is 2.25. The Morgan fingerprint density at radius 1 is 1.30 bits per heavy atom. The molecule has 1 aromatic carbocycles. The quantitative estimate of drug-likeness (QED) is 0.249. The van der Waals surface area contributed by atoms with Gasteiger partial charge in [0.2, 0.25) is 0 Å². The van der Waals surface area contributed by atoms with Gasteiger partial charge < -0.3 is 15.0 Å². The second-order valence-electron chi connectivity index (χ2n) is 6.73. The fourth-order valence-electron chi connectivity index (χ4n) is 2.59. The van der Waals surface area contributed by atoms with Crippen molar-refractivity contribution in [1.82, 2.24) is 10.3 Å². The topological polar surface area (TPSA) is 158 Å². The molecule has 2 N–H and O–H groups in total. The standard InChI is InChI=1S/C17H20ClN3O8S/c1-9(2)29-15(22)7-12(8-28-30(3,26)27)19-17(23)13-5-10-4-11(18)6-14(21(24)25)16(10)20-13/h4-6,9,12,20H,7-8H2,1-3H3,(H,19,23)/t12-/m0/s1. The number of nitro benzene ring substituents is 1. The Hall–Kier alpha value is -2.70. The Morgan fingerprint density at radius 3 is 2.53 bits per heavy atom. The largest absolute Gasteiger partial charge is 0.463 e. The highest BCUT2D eigenvalue weighted by Gasteiger charge is 2.23. The number of hydrogen-bond acceptors (Lipinski definition) is 8. The molecule has 0 spiro atoms. The van der Waals surface area contributed by atoms with Gasteiger partial charge in [0.15, 0.2) is 0 Å². The Bertz CT molecular complexity index is 1080. The van der Waals surface area contributed by atoms with E-state index in [1.807, 2.05) is 0 Å². The molecule has 1 aromatic heterocycles. The molecule has 164 valence electrons. The normalized spacial score (nSPS) is 12.7. The van der Waals surface area contributed by atoms with E-state index in [0.717, 1.165) is 12.3 Å². The minimum Gasteiger partial charge on any atom is -0.463 e. The van der Waals surface area contributed by atoms with Crippen molar-refractivity contribution < 1.29 is 31.9 Å². The van der Waals surface area contributed by atoms with Crippen LogP contribution in [0.15, 0.2) is 18.2 Å². The van der Waals surface area contributed by atoms with Crippen LogP contribution in [0.3, 0.4) is 0 Å². The molecule has 30 heavy (non-hydrogen) atoms. The van der Waals surface area contributed by atoms with Gasteiger partial charge in [-0.15, -0.1) is 0 Å². The van der Waals surface area contributed by atoms with Crippen LogP contribution in [0.25, 0.3) is 10.9 Å². The first-order valence-electron chi connectivity index (χ1n) is 8.67. The first kappa shape index (κ1) is 23.6. The molecule has 0 fully saturated rings. The third kappa shape index (κ3) is 6.68. The minimum atomic E-state index is -3.82. The summed E-state index contributed by atoms with van der Waals surface area (Å²) in [5, 5.41) is 14.1. The average Bonchev–Trinajstić information content (AvgIpc) is 3.01. The van der Waals surface area contributed by atoms with Crippen molar-refractivity contribution >= 4 is 50.2 Å². The number of nitro groups is 1. The third-order valence-electron chi connectivity index (χ3n) is 3.71. The van der Waals surface area contributed by atoms with E-state index in [4.69, 9.17) is 20.5 Å². The van der Waals surface area contributed by atoms with Crippen LogP contribution in [0.4, 0.5) is 5.69 Å². The lowest BCUT2D eigenvalue weighted by molar-refractivity contribution is -0.383. The number of halogens is 1. The van der Waals surface area contributed by atoms with Crippen molar-refractivity contribution in [3.05, 3.63) is 39.0 Å². The van der Waals surface area contributed by atoms with Gasteiger partial charge in [-0.25, -0.2) is 0 Å². The Morgan fingerprint density at radius 2 is 1.97 bits per heavy atom. The number of ether oxygens (including phenoxy) is 1. The predicted molar refractivity (Wildman–Crippen MR) is 108 cm³/mol. The molecular weight excluding hydrogens is 442 g/mol. The number of fused-ring (bicyclic) bond motifs is 1. The van der Waals surface area contributed by atoms with Crippen LogP contribution in [0.1, 0.15) is 30.8 Å². The molecule has 0 unspecified atom stereocenters. The number of non-ortho nitro benzene ring substituents is 1. The van der Waals surface area contributed by atoms with Gasteiger partial charge in [-0.05, 0) is 26.0 Å². The summed E-state index contributed by atoms with van der Waals surface area (Å²) >= 11 is 5.88. The molecule has 1 heterocycles. The molecule has 0 saturated carbocycles. The maximum absolute atomic E-state index is 12.6. The van der Waals surface area contributed by atoms with Crippen LogP contribution in [0.2, 0.25) is 5.02 Å². The van der Waals surface area contributed by atoms with Gasteiger partial charge in [0.1, 0.15) is 11.2 Å². The van der Waals surface area contributed by atoms with Crippen LogP contribution in [-0.2, 0) is 23.8 Å². The number of benzene rings is 1. The Labute approximate surface area is 176 Å². The molecule has 0 radical (unpaired) electrons. The molecule has 0 aliphatic heterocycles. The van der Waals surface area contributed by atoms with E-state index in [9.17, 15) is 28.1 Å². The lowest BCUT2D eigenvalue weighted by atomic mass is 10.2. The van der Waals surface area contributed by atoms with E-state index in [0.29, 0.717) is 5.39 Å². The van der Waals surface area contributed by atoms with Crippen LogP contribution >= 0.6 is 11.6 Å². The summed E-state index contributed by atoms with van der Waals surface area (Å²) in [4.78, 5) is 37.8. The van der Waals surface area contributed by atoms with E-state index < -0.39 is 45.7 Å². The van der Waals surface area contributed by atoms with Crippen molar-refractivity contribution in [2.75, 3.05) is 12.9 Å². The zero-order valence-corrected chi connectivity index (χ0v) is 17.9. The van der Waals surface area contributed by atoms with Gasteiger partial charge in [-0.1, -0.05) is 11.6 Å². The van der Waals surface area contributed by atoms with Gasteiger partial charge in [0.25, 0.3) is 21.7 Å². The van der Waals surface area contributed by atoms with Crippen molar-refractivity contribution in [3.8, 4) is 0 Å². The fourth-order valence-corrected chi connectivity index (χ4v) is 3.22. The smallest absolute Gasteiger partial charge is 0.308 e. The van der Waals surface area contributed by atoms with Gasteiger partial charge in [0, 0.05) is 16.5 Å². The molecule has 13 heteroatoms. The highest BCUT2D eigenvalue weighted by atomic mass is 35.5. The summed E-state index contributed by atoms with van der Waals surface area (Å²) in [5.74, 6) is -1.39. The van der Waals surface area contributed by atoms with E-state index in [-0.39, 0.29) is 28.3 Å². The number of aromatic nitrogens is 1. The molecule has 11 nitrogen and oxygen atoms in total. The number of rotatable bonds is 9. The van der Waals surface area contributed by atoms with E-state index in [1.54, 1.807) is 13.8 Å². The molecule has 0 aliphatic carbocycles. The van der Waals surface area contributed by atoms with Gasteiger partial charge >= 0.3 is 5.97 Å². The zero-order valence-electron chi connectivity index (χ0n) is 16.3. The molecule has 0 bridgehead atoms. The predicted octanol–water partition coefficient (Wildman–Crippen LogP) is 2.15. The van der Waals surface area contributed by atoms with E-state index in [2.05, 4.69) is 10.3 Å². The number of carbonyl (C=O) groups excluding carboxylic acids is 2. The summed E-state index contributed by atoms with van der Waals surface area (Å²) in [6, 6.07) is 2.92. The SMILES string of the molecule is CC(C)OC(=O)C[C@@H](COS(C)(=O)=O)NC(=O)c1cc2cc(Cl)cc([N+](=O)[O-])c2[nH]1. The van der Waals surface area contributed by atoms with Crippen molar-refractivity contribution in [2.45, 2.75) is 32.4 Å². The van der Waals surface area contributed by atoms with Crippen LogP contribution < -0.4 is 5.32 Å². The number of nitrogens with zero attached hydrogens (tertiary/aromatic N) is 1. The summed E-state index contributed by atoms with van der Waals surface area (Å²) < 4.78 is 32.2. The van der Waals surface area contributed by atoms with Crippen LogP contribution in [0, 0.1) is 10.1 Å². The van der Waals surface area contributed by atoms with Crippen molar-refractivity contribution in [3.63, 3.8) is 0 Å². The summed E-state index contributed by atoms with van der Waals surface area (Å²) in [6.45, 7) is 2.78. The highest BCUT2D eigenvalue weighted by Crippen LogP contribution is 2.29. The lowest BCUT2D eigenvalue weighted by Crippen LogP contribution is -2.41. The molecule has 2 rings (SSSR count). The number of esters is 1. The van der Waals surface area contributed by atoms with Crippen molar-refractivity contribution in [1.29, 1.82) is 0 Å². The van der Waals surface area contributed by atoms with Crippen LogP contribution in [0.5, 0.6) is 0 Å². The molecule has 0 aliphatic rings. The van der Waals surface area contributed by atoms with E-state index >= 15 is 0 Å². The maximum Gasteiger partial charge on any atom is 0.308 e. The molecule has 1 atom stereocenters. The second kappa shape index (κ2) is 9.41. The number of amides is 1. The molecular formula is C17H20ClN3O8S. The fraction of sp³-hybridized carbons (Fsp3) is 0.412.